The topological polar surface area (TPSA) is 345 Å². The van der Waals surface area contributed by atoms with Crippen molar-refractivity contribution in [3.8, 4) is 0 Å². The summed E-state index contributed by atoms with van der Waals surface area (Å²) in [5.41, 5.74) is 12.0. The van der Waals surface area contributed by atoms with Crippen LogP contribution in [0.1, 0.15) is 44.6 Å². The summed E-state index contributed by atoms with van der Waals surface area (Å²) in [7, 11) is 1.11. The molecule has 1 aromatic carbocycles. The fraction of sp³-hybridized carbons (Fsp3) is 0.618. The van der Waals surface area contributed by atoms with Gasteiger partial charge in [0, 0.05) is 26.6 Å². The molecule has 0 aromatic heterocycles. The Morgan fingerprint density at radius 1 is 1.00 bits per heavy atom. The van der Waals surface area contributed by atoms with E-state index in [1.807, 2.05) is 18.2 Å². The van der Waals surface area contributed by atoms with Crippen molar-refractivity contribution in [2.75, 3.05) is 40.0 Å². The molecule has 1 aromatic rings. The van der Waals surface area contributed by atoms with Gasteiger partial charge in [0.25, 0.3) is 5.91 Å². The zero-order chi connectivity index (χ0) is 41.2. The lowest BCUT2D eigenvalue weighted by atomic mass is 10.0. The zero-order valence-electron chi connectivity index (χ0n) is 31.1. The van der Waals surface area contributed by atoms with Crippen molar-refractivity contribution in [3.05, 3.63) is 35.9 Å². The summed E-state index contributed by atoms with van der Waals surface area (Å²) < 4.78 is 0. The van der Waals surface area contributed by atoms with Crippen LogP contribution in [-0.2, 0) is 40.0 Å². The summed E-state index contributed by atoms with van der Waals surface area (Å²) in [4.78, 5) is 92.5. The van der Waals surface area contributed by atoms with Crippen LogP contribution in [0, 0.1) is 0 Å². The number of hydrogen-bond donors (Lipinski definition) is 12. The lowest BCUT2D eigenvalue weighted by molar-refractivity contribution is -0.152. The normalized spacial score (nSPS) is 23.1. The summed E-state index contributed by atoms with van der Waals surface area (Å²) in [5.74, 6) is -0.123. The molecule has 1 aliphatic rings. The first kappa shape index (κ1) is 46.4. The van der Waals surface area contributed by atoms with Crippen LogP contribution in [0.15, 0.2) is 30.3 Å². The van der Waals surface area contributed by atoms with Gasteiger partial charge in [-0.3, -0.25) is 38.6 Å². The first-order chi connectivity index (χ1) is 26.1. The Labute approximate surface area is 318 Å². The van der Waals surface area contributed by atoms with Crippen LogP contribution in [0.4, 0.5) is 0 Å². The lowest BCUT2D eigenvalue weighted by Crippen LogP contribution is -2.63. The molecule has 308 valence electrons. The number of hydrogen-bond acceptors (Lipinski definition) is 14. The molecular weight excluding hydrogens is 724 g/mol. The molecule has 1 unspecified atom stereocenters. The van der Waals surface area contributed by atoms with Crippen LogP contribution in [0.5, 0.6) is 0 Å². The van der Waals surface area contributed by atoms with Gasteiger partial charge >= 0.3 is 0 Å². The third-order valence-electron chi connectivity index (χ3n) is 9.02. The van der Waals surface area contributed by atoms with Crippen LogP contribution < -0.4 is 43.9 Å². The number of nitrogens with two attached hydrogens (primary N) is 3. The minimum absolute atomic E-state index is 0.00794. The Bertz CT molecular complexity index is 1450. The number of aliphatic hydroxyl groups excluding tert-OH is 4. The van der Waals surface area contributed by atoms with Gasteiger partial charge in [0.05, 0.1) is 38.0 Å². The maximum Gasteiger partial charge on any atom is 0.256 e. The molecule has 0 aliphatic carbocycles. The quantitative estimate of drug-likeness (QED) is 0.0475. The first-order valence-corrected chi connectivity index (χ1v) is 17.9. The molecule has 1 fully saturated rings. The fourth-order valence-corrected chi connectivity index (χ4v) is 5.82. The van der Waals surface area contributed by atoms with E-state index in [0.717, 1.165) is 17.5 Å². The van der Waals surface area contributed by atoms with Gasteiger partial charge in [0.15, 0.2) is 0 Å². The van der Waals surface area contributed by atoms with Gasteiger partial charge < -0.3 is 63.4 Å². The number of amides is 7. The number of carbonyl (C=O) groups is 7. The SMILES string of the molecule is CC(O)[C@H]1C(=O)N[C@@H](CO)C(=O)N[C@H](C(=O)N[C@@H](CO)CN[C@@H](Cc2ccccc2)C(N)=O)CCCCNC(=O)CC[C@H](N(N)C(=O)[C@@H](N)CO)C(=O)N1C. The minimum atomic E-state index is -1.72. The lowest BCUT2D eigenvalue weighted by Gasteiger charge is -2.36. The van der Waals surface area contributed by atoms with Crippen molar-refractivity contribution in [2.45, 2.75) is 93.8 Å². The summed E-state index contributed by atoms with van der Waals surface area (Å²) in [6.45, 7) is -1.13. The molecule has 7 amide bonds. The Morgan fingerprint density at radius 3 is 2.25 bits per heavy atom. The number of benzene rings is 1. The Hall–Kier alpha value is -4.77. The number of aliphatic hydroxyl groups is 4. The third-order valence-corrected chi connectivity index (χ3v) is 9.02. The molecule has 15 N–H and O–H groups in total. The number of rotatable bonds is 14. The van der Waals surface area contributed by atoms with Crippen molar-refractivity contribution in [2.24, 2.45) is 17.3 Å². The van der Waals surface area contributed by atoms with Gasteiger partial charge in [-0.2, -0.15) is 0 Å². The fourth-order valence-electron chi connectivity index (χ4n) is 5.82. The van der Waals surface area contributed by atoms with E-state index >= 15 is 0 Å². The van der Waals surface area contributed by atoms with Crippen molar-refractivity contribution in [1.82, 2.24) is 36.5 Å². The smallest absolute Gasteiger partial charge is 0.256 e. The van der Waals surface area contributed by atoms with Gasteiger partial charge in [-0.05, 0) is 44.6 Å². The van der Waals surface area contributed by atoms with Crippen molar-refractivity contribution in [1.29, 1.82) is 0 Å². The Morgan fingerprint density at radius 2 is 1.67 bits per heavy atom. The molecule has 21 heteroatoms. The van der Waals surface area contributed by atoms with Gasteiger partial charge in [-0.1, -0.05) is 30.3 Å². The number of carbonyl (C=O) groups excluding carboxylic acids is 7. The van der Waals surface area contributed by atoms with Crippen molar-refractivity contribution >= 4 is 41.4 Å². The molecule has 2 rings (SSSR count). The average Bonchev–Trinajstić information content (AvgIpc) is 3.15. The third kappa shape index (κ3) is 14.4. The molecule has 0 radical (unpaired) electrons. The molecule has 0 spiro atoms. The molecule has 21 nitrogen and oxygen atoms in total. The summed E-state index contributed by atoms with van der Waals surface area (Å²) in [5, 5.41) is 53.5. The molecular formula is C34H56N10O11. The highest BCUT2D eigenvalue weighted by Gasteiger charge is 2.40. The largest absolute Gasteiger partial charge is 0.394 e. The number of primary amides is 1. The van der Waals surface area contributed by atoms with E-state index in [9.17, 15) is 54.0 Å². The number of nitrogens with one attached hydrogen (secondary N) is 5. The zero-order valence-corrected chi connectivity index (χ0v) is 31.1. The summed E-state index contributed by atoms with van der Waals surface area (Å²) in [6.07, 6.45) is -1.43. The van der Waals surface area contributed by atoms with Gasteiger partial charge in [0.2, 0.25) is 35.4 Å². The van der Waals surface area contributed by atoms with Crippen molar-refractivity contribution in [3.63, 3.8) is 0 Å². The predicted octanol–water partition coefficient (Wildman–Crippen LogP) is -6.21. The molecule has 0 bridgehead atoms. The second-order valence-electron chi connectivity index (χ2n) is 13.3. The van der Waals surface area contributed by atoms with E-state index in [1.54, 1.807) is 12.1 Å². The second-order valence-corrected chi connectivity index (χ2v) is 13.3. The van der Waals surface area contributed by atoms with Crippen LogP contribution >= 0.6 is 0 Å². The van der Waals surface area contributed by atoms with E-state index in [1.165, 1.54) is 6.92 Å². The number of hydrazine groups is 1. The van der Waals surface area contributed by atoms with Gasteiger partial charge in [0.1, 0.15) is 30.2 Å². The van der Waals surface area contributed by atoms with Crippen LogP contribution in [-0.4, -0.2) is 160 Å². The maximum atomic E-state index is 13.7. The Balaban J connectivity index is 2.31. The molecule has 55 heavy (non-hydrogen) atoms. The molecule has 8 atom stereocenters. The maximum absolute atomic E-state index is 13.7. The van der Waals surface area contributed by atoms with Crippen LogP contribution in [0.3, 0.4) is 0 Å². The van der Waals surface area contributed by atoms with E-state index in [-0.39, 0.29) is 45.2 Å². The highest BCUT2D eigenvalue weighted by molar-refractivity contribution is 5.96. The van der Waals surface area contributed by atoms with E-state index in [4.69, 9.17) is 17.3 Å². The number of nitrogens with zero attached hydrogens (tertiary/aromatic N) is 2. The van der Waals surface area contributed by atoms with Crippen LogP contribution in [0.25, 0.3) is 0 Å². The van der Waals surface area contributed by atoms with E-state index in [0.29, 0.717) is 11.4 Å². The standard InChI is InChI=1S/C34H56N10O11/c1-19(48)28-32(53)42-25(18-47)31(52)41-23(30(51)40-21(16-45)15-39-24(29(36)50)14-20-8-4-3-5-9-20)10-6-7-13-38-27(49)12-11-26(34(55)43(28)2)44(37)33(54)22(35)17-46/h3-5,8-9,19,21-26,28,39,45-48H,6-7,10-18,35,37H2,1-2H3,(H2,36,50)(H,38,49)(H,40,51)(H,41,52)(H,42,53)/t19?,21-,22+,23+,24+,25+,26+,28+/m1/s1. The second kappa shape index (κ2) is 23.2. The molecule has 1 aliphatic heterocycles. The highest BCUT2D eigenvalue weighted by atomic mass is 16.3. The summed E-state index contributed by atoms with van der Waals surface area (Å²) in [6, 6.07) is -0.472. The molecule has 1 saturated heterocycles. The molecule has 0 saturated carbocycles. The summed E-state index contributed by atoms with van der Waals surface area (Å²) >= 11 is 0. The first-order valence-electron chi connectivity index (χ1n) is 17.9. The van der Waals surface area contributed by atoms with Gasteiger partial charge in [-0.25, -0.2) is 5.84 Å². The number of likely N-dealkylation sites (N-methyl/N-ethyl adjacent to an activating group) is 1. The van der Waals surface area contributed by atoms with Crippen LogP contribution in [0.2, 0.25) is 0 Å². The van der Waals surface area contributed by atoms with E-state index in [2.05, 4.69) is 26.6 Å². The van der Waals surface area contributed by atoms with Crippen molar-refractivity contribution < 1.29 is 54.0 Å². The van der Waals surface area contributed by atoms with Gasteiger partial charge in [-0.15, -0.1) is 0 Å². The highest BCUT2D eigenvalue weighted by Crippen LogP contribution is 2.14. The molecule has 1 heterocycles. The Kier molecular flexibility index (Phi) is 19.6. The predicted molar refractivity (Wildman–Crippen MR) is 195 cm³/mol. The van der Waals surface area contributed by atoms with E-state index < -0.39 is 110 Å². The average molecular weight is 781 g/mol. The minimum Gasteiger partial charge on any atom is -0.394 e. The monoisotopic (exact) mass is 780 g/mol.